The van der Waals surface area contributed by atoms with Crippen LogP contribution in [-0.2, 0) is 0 Å². The van der Waals surface area contributed by atoms with Crippen molar-refractivity contribution in [3.63, 3.8) is 0 Å². The number of ketones is 1. The van der Waals surface area contributed by atoms with Crippen LogP contribution in [0.4, 0.5) is 0 Å². The second-order valence-electron chi connectivity index (χ2n) is 2.84. The van der Waals surface area contributed by atoms with Gasteiger partial charge in [-0.05, 0) is 30.0 Å². The van der Waals surface area contributed by atoms with Gasteiger partial charge in [-0.1, -0.05) is 6.07 Å². The van der Waals surface area contributed by atoms with Crippen molar-refractivity contribution in [2.45, 2.75) is 18.1 Å². The van der Waals surface area contributed by atoms with Crippen LogP contribution in [0.5, 0.6) is 0 Å². The summed E-state index contributed by atoms with van der Waals surface area (Å²) in [5.74, 6) is 1.49. The first kappa shape index (κ1) is 8.32. The molecule has 12 heavy (non-hydrogen) atoms. The fraction of sp³-hybridized carbons (Fsp3) is 0.444. The lowest BCUT2D eigenvalue weighted by Crippen LogP contribution is -2.12. The third-order valence-electron chi connectivity index (χ3n) is 1.99. The molecular formula is C9H10OS2. The molecule has 0 radical (unpaired) electrons. The van der Waals surface area contributed by atoms with Gasteiger partial charge in [-0.2, -0.15) is 11.8 Å². The molecule has 0 bridgehead atoms. The molecule has 1 aliphatic rings. The van der Waals surface area contributed by atoms with Crippen molar-refractivity contribution in [1.82, 2.24) is 0 Å². The highest BCUT2D eigenvalue weighted by Crippen LogP contribution is 2.29. The summed E-state index contributed by atoms with van der Waals surface area (Å²) in [5.41, 5.74) is 0. The van der Waals surface area contributed by atoms with Crippen LogP contribution in [0.3, 0.4) is 0 Å². The standard InChI is InChI=1S/C9H10OS2/c10-9(7-3-1-5-11-7)8-4-2-6-12-8/h1,3,5,8H,2,4,6H2. The van der Waals surface area contributed by atoms with E-state index in [2.05, 4.69) is 0 Å². The molecule has 1 saturated heterocycles. The zero-order valence-corrected chi connectivity index (χ0v) is 8.29. The smallest absolute Gasteiger partial charge is 0.185 e. The predicted octanol–water partition coefficient (Wildman–Crippen LogP) is 2.83. The first-order valence-corrected chi connectivity index (χ1v) is 6.00. The Morgan fingerprint density at radius 3 is 3.08 bits per heavy atom. The minimum atomic E-state index is 0.253. The Hall–Kier alpha value is -0.280. The molecule has 1 nitrogen and oxygen atoms in total. The first-order chi connectivity index (χ1) is 5.88. The van der Waals surface area contributed by atoms with Gasteiger partial charge in [0.25, 0.3) is 0 Å². The number of rotatable bonds is 2. The third-order valence-corrected chi connectivity index (χ3v) is 4.25. The van der Waals surface area contributed by atoms with Gasteiger partial charge in [-0.25, -0.2) is 0 Å². The molecule has 2 heterocycles. The minimum Gasteiger partial charge on any atom is -0.292 e. The maximum absolute atomic E-state index is 11.7. The molecule has 0 N–H and O–H groups in total. The van der Waals surface area contributed by atoms with Crippen molar-refractivity contribution in [3.8, 4) is 0 Å². The Bertz CT molecular complexity index is 260. The van der Waals surface area contributed by atoms with Gasteiger partial charge in [-0.15, -0.1) is 11.3 Å². The molecule has 64 valence electrons. The lowest BCUT2D eigenvalue weighted by molar-refractivity contribution is 0.0992. The highest BCUT2D eigenvalue weighted by atomic mass is 32.2. The maximum Gasteiger partial charge on any atom is 0.185 e. The van der Waals surface area contributed by atoms with Crippen LogP contribution in [0.1, 0.15) is 22.5 Å². The van der Waals surface area contributed by atoms with Crippen molar-refractivity contribution in [1.29, 1.82) is 0 Å². The molecule has 3 heteroatoms. The Kier molecular flexibility index (Phi) is 2.51. The molecule has 0 amide bonds. The van der Waals surface area contributed by atoms with E-state index >= 15 is 0 Å². The van der Waals surface area contributed by atoms with E-state index in [4.69, 9.17) is 0 Å². The number of hydrogen-bond donors (Lipinski definition) is 0. The van der Waals surface area contributed by atoms with Gasteiger partial charge >= 0.3 is 0 Å². The number of thiophene rings is 1. The topological polar surface area (TPSA) is 17.1 Å². The quantitative estimate of drug-likeness (QED) is 0.680. The van der Waals surface area contributed by atoms with Gasteiger partial charge in [-0.3, -0.25) is 4.79 Å². The summed E-state index contributed by atoms with van der Waals surface area (Å²) in [5, 5.41) is 2.22. The normalized spacial score (nSPS) is 22.8. The molecule has 0 aliphatic carbocycles. The number of carbonyl (C=O) groups is 1. The number of hydrogen-bond acceptors (Lipinski definition) is 3. The molecule has 1 aliphatic heterocycles. The second kappa shape index (κ2) is 3.62. The largest absolute Gasteiger partial charge is 0.292 e. The zero-order chi connectivity index (χ0) is 8.39. The summed E-state index contributed by atoms with van der Waals surface area (Å²) in [6.07, 6.45) is 2.27. The van der Waals surface area contributed by atoms with E-state index in [-0.39, 0.29) is 5.25 Å². The van der Waals surface area contributed by atoms with Crippen LogP contribution in [0.2, 0.25) is 0 Å². The van der Waals surface area contributed by atoms with Crippen molar-refractivity contribution in [3.05, 3.63) is 22.4 Å². The van der Waals surface area contributed by atoms with Crippen LogP contribution in [0, 0.1) is 0 Å². The molecule has 1 unspecified atom stereocenters. The minimum absolute atomic E-state index is 0.253. The van der Waals surface area contributed by atoms with E-state index in [0.717, 1.165) is 17.1 Å². The fourth-order valence-electron chi connectivity index (χ4n) is 1.36. The van der Waals surface area contributed by atoms with Crippen LogP contribution in [-0.4, -0.2) is 16.8 Å². The van der Waals surface area contributed by atoms with Crippen LogP contribution in [0.15, 0.2) is 17.5 Å². The highest BCUT2D eigenvalue weighted by Gasteiger charge is 2.24. The van der Waals surface area contributed by atoms with Gasteiger partial charge < -0.3 is 0 Å². The van der Waals surface area contributed by atoms with Crippen molar-refractivity contribution < 1.29 is 4.79 Å². The molecule has 0 saturated carbocycles. The SMILES string of the molecule is O=C(c1cccs1)C1CCCS1. The van der Waals surface area contributed by atoms with Gasteiger partial charge in [0.05, 0.1) is 10.1 Å². The third kappa shape index (κ3) is 1.57. The van der Waals surface area contributed by atoms with Gasteiger partial charge in [0.1, 0.15) is 0 Å². The van der Waals surface area contributed by atoms with Crippen molar-refractivity contribution in [2.75, 3.05) is 5.75 Å². The second-order valence-corrected chi connectivity index (χ2v) is 5.10. The summed E-state index contributed by atoms with van der Waals surface area (Å²) >= 11 is 3.36. The molecule has 1 aromatic heterocycles. The van der Waals surface area contributed by atoms with Crippen LogP contribution in [0.25, 0.3) is 0 Å². The Balaban J connectivity index is 2.09. The molecule has 1 atom stereocenters. The maximum atomic E-state index is 11.7. The monoisotopic (exact) mass is 198 g/mol. The number of thioether (sulfide) groups is 1. The molecule has 0 aromatic carbocycles. The van der Waals surface area contributed by atoms with Crippen molar-refractivity contribution in [2.24, 2.45) is 0 Å². The average Bonchev–Trinajstić information content (AvgIpc) is 2.77. The van der Waals surface area contributed by atoms with Gasteiger partial charge in [0.15, 0.2) is 5.78 Å². The molecular weight excluding hydrogens is 188 g/mol. The van der Waals surface area contributed by atoms with E-state index in [1.807, 2.05) is 17.5 Å². The summed E-state index contributed by atoms with van der Waals surface area (Å²) in [4.78, 5) is 12.6. The van der Waals surface area contributed by atoms with E-state index < -0.39 is 0 Å². The highest BCUT2D eigenvalue weighted by molar-refractivity contribution is 8.00. The number of carbonyl (C=O) groups excluding carboxylic acids is 1. The fourth-order valence-corrected chi connectivity index (χ4v) is 3.39. The van der Waals surface area contributed by atoms with Crippen molar-refractivity contribution >= 4 is 28.9 Å². The Morgan fingerprint density at radius 1 is 1.58 bits per heavy atom. The van der Waals surface area contributed by atoms with E-state index in [1.165, 1.54) is 6.42 Å². The summed E-state index contributed by atoms with van der Waals surface area (Å²) < 4.78 is 0. The first-order valence-electron chi connectivity index (χ1n) is 4.07. The summed E-state index contributed by atoms with van der Waals surface area (Å²) in [6, 6.07) is 3.86. The summed E-state index contributed by atoms with van der Waals surface area (Å²) in [7, 11) is 0. The van der Waals surface area contributed by atoms with Crippen LogP contribution < -0.4 is 0 Å². The Morgan fingerprint density at radius 2 is 2.50 bits per heavy atom. The van der Waals surface area contributed by atoms with E-state index in [1.54, 1.807) is 23.1 Å². The Labute approximate surface area is 80.2 Å². The molecule has 1 fully saturated rings. The lowest BCUT2D eigenvalue weighted by atomic mass is 10.1. The van der Waals surface area contributed by atoms with E-state index in [0.29, 0.717) is 5.78 Å². The lowest BCUT2D eigenvalue weighted by Gasteiger charge is -2.03. The van der Waals surface area contributed by atoms with Gasteiger partial charge in [0, 0.05) is 0 Å². The average molecular weight is 198 g/mol. The molecule has 2 rings (SSSR count). The van der Waals surface area contributed by atoms with Gasteiger partial charge in [0.2, 0.25) is 0 Å². The van der Waals surface area contributed by atoms with Crippen LogP contribution >= 0.6 is 23.1 Å². The zero-order valence-electron chi connectivity index (χ0n) is 6.66. The summed E-state index contributed by atoms with van der Waals surface area (Å²) in [6.45, 7) is 0. The molecule has 0 spiro atoms. The number of Topliss-reactive ketones (excluding diaryl/α,β-unsaturated/α-hetero) is 1. The van der Waals surface area contributed by atoms with E-state index in [9.17, 15) is 4.79 Å². The molecule has 1 aromatic rings. The predicted molar refractivity (Wildman–Crippen MR) is 54.1 cm³/mol.